The van der Waals surface area contributed by atoms with Crippen molar-refractivity contribution in [1.29, 1.82) is 0 Å². The molecule has 1 aromatic carbocycles. The van der Waals surface area contributed by atoms with E-state index in [1.807, 2.05) is 18.2 Å². The van der Waals surface area contributed by atoms with Crippen molar-refractivity contribution < 1.29 is 18.8 Å². The third-order valence-corrected chi connectivity index (χ3v) is 5.06. The van der Waals surface area contributed by atoms with Crippen LogP contribution in [0.4, 0.5) is 10.2 Å². The number of ketones is 1. The minimum Gasteiger partial charge on any atom is -0.353 e. The molecule has 158 valence electrons. The maximum atomic E-state index is 12.9. The monoisotopic (exact) mass is 412 g/mol. The van der Waals surface area contributed by atoms with Crippen LogP contribution < -0.4 is 10.2 Å². The molecule has 3 rings (SSSR count). The number of anilines is 1. The summed E-state index contributed by atoms with van der Waals surface area (Å²) in [5.41, 5.74) is 0.360. The minimum atomic E-state index is -0.667. The second-order valence-corrected chi connectivity index (χ2v) is 7.22. The van der Waals surface area contributed by atoms with Gasteiger partial charge in [-0.2, -0.15) is 0 Å². The number of pyridine rings is 1. The standard InChI is InChI=1S/C22H25FN4O3/c1-16(25-21(29)10-9-19(28)17-5-7-18(23)8-6-17)22(30)27-14-12-26(13-15-27)20-4-2-3-11-24-20/h2-8,11,16H,9-10,12-15H2,1H3,(H,25,29)/t16-/m1/s1. The number of halogens is 1. The quantitative estimate of drug-likeness (QED) is 0.704. The van der Waals surface area contributed by atoms with E-state index >= 15 is 0 Å². The molecule has 0 bridgehead atoms. The molecule has 0 aliphatic carbocycles. The number of nitrogens with one attached hydrogen (secondary N) is 1. The molecule has 1 fully saturated rings. The van der Waals surface area contributed by atoms with E-state index in [-0.39, 0.29) is 30.4 Å². The summed E-state index contributed by atoms with van der Waals surface area (Å²) < 4.78 is 12.9. The number of rotatable bonds is 7. The van der Waals surface area contributed by atoms with Gasteiger partial charge in [-0.1, -0.05) is 6.07 Å². The Hall–Kier alpha value is -3.29. The number of benzene rings is 1. The van der Waals surface area contributed by atoms with Gasteiger partial charge in [-0.05, 0) is 43.3 Å². The fourth-order valence-corrected chi connectivity index (χ4v) is 3.35. The van der Waals surface area contributed by atoms with Gasteiger partial charge in [0.1, 0.15) is 17.7 Å². The van der Waals surface area contributed by atoms with E-state index in [1.54, 1.807) is 18.0 Å². The zero-order valence-electron chi connectivity index (χ0n) is 16.9. The van der Waals surface area contributed by atoms with Crippen LogP contribution in [0, 0.1) is 5.82 Å². The lowest BCUT2D eigenvalue weighted by Gasteiger charge is -2.36. The van der Waals surface area contributed by atoms with E-state index in [9.17, 15) is 18.8 Å². The summed E-state index contributed by atoms with van der Waals surface area (Å²) in [5.74, 6) is -0.281. The van der Waals surface area contributed by atoms with Crippen molar-refractivity contribution in [3.05, 3.63) is 60.0 Å². The predicted octanol–water partition coefficient (Wildman–Crippen LogP) is 2.04. The van der Waals surface area contributed by atoms with Crippen molar-refractivity contribution in [1.82, 2.24) is 15.2 Å². The van der Waals surface area contributed by atoms with Gasteiger partial charge in [0.15, 0.2) is 5.78 Å². The first-order valence-electron chi connectivity index (χ1n) is 9.97. The highest BCUT2D eigenvalue weighted by molar-refractivity contribution is 5.98. The number of carbonyl (C=O) groups is 3. The predicted molar refractivity (Wildman–Crippen MR) is 111 cm³/mol. The number of piperazine rings is 1. The first-order valence-corrected chi connectivity index (χ1v) is 9.97. The van der Waals surface area contributed by atoms with Crippen LogP contribution >= 0.6 is 0 Å². The fourth-order valence-electron chi connectivity index (χ4n) is 3.35. The van der Waals surface area contributed by atoms with Gasteiger partial charge in [0, 0.05) is 50.8 Å². The summed E-state index contributed by atoms with van der Waals surface area (Å²) in [6.07, 6.45) is 1.72. The van der Waals surface area contributed by atoms with Crippen LogP contribution in [0.25, 0.3) is 0 Å². The molecular formula is C22H25FN4O3. The van der Waals surface area contributed by atoms with Crippen molar-refractivity contribution in [2.24, 2.45) is 0 Å². The zero-order valence-corrected chi connectivity index (χ0v) is 16.9. The molecule has 1 saturated heterocycles. The van der Waals surface area contributed by atoms with Gasteiger partial charge in [-0.3, -0.25) is 14.4 Å². The van der Waals surface area contributed by atoms with Gasteiger partial charge in [-0.15, -0.1) is 0 Å². The Labute approximate surface area is 174 Å². The minimum absolute atomic E-state index is 0.00112. The number of nitrogens with zero attached hydrogens (tertiary/aromatic N) is 3. The van der Waals surface area contributed by atoms with Crippen LogP contribution in [0.5, 0.6) is 0 Å². The molecule has 8 heteroatoms. The smallest absolute Gasteiger partial charge is 0.244 e. The first-order chi connectivity index (χ1) is 14.4. The van der Waals surface area contributed by atoms with Crippen LogP contribution in [-0.2, 0) is 9.59 Å². The number of hydrogen-bond acceptors (Lipinski definition) is 5. The molecule has 0 radical (unpaired) electrons. The van der Waals surface area contributed by atoms with Crippen LogP contribution in [0.3, 0.4) is 0 Å². The number of hydrogen-bond donors (Lipinski definition) is 1. The van der Waals surface area contributed by atoms with E-state index in [4.69, 9.17) is 0 Å². The Bertz CT molecular complexity index is 881. The Morgan fingerprint density at radius 1 is 1.03 bits per heavy atom. The largest absolute Gasteiger partial charge is 0.353 e. The van der Waals surface area contributed by atoms with Gasteiger partial charge < -0.3 is 15.1 Å². The van der Waals surface area contributed by atoms with Crippen molar-refractivity contribution in [3.63, 3.8) is 0 Å². The summed E-state index contributed by atoms with van der Waals surface area (Å²) >= 11 is 0. The molecule has 1 aliphatic heterocycles. The van der Waals surface area contributed by atoms with E-state index in [1.165, 1.54) is 24.3 Å². The van der Waals surface area contributed by atoms with Crippen LogP contribution in [0.2, 0.25) is 0 Å². The Kier molecular flexibility index (Phi) is 7.11. The highest BCUT2D eigenvalue weighted by Gasteiger charge is 2.26. The lowest BCUT2D eigenvalue weighted by atomic mass is 10.1. The first kappa shape index (κ1) is 21.4. The summed E-state index contributed by atoms with van der Waals surface area (Å²) in [5, 5.41) is 2.67. The summed E-state index contributed by atoms with van der Waals surface area (Å²) in [7, 11) is 0. The Balaban J connectivity index is 1.42. The van der Waals surface area contributed by atoms with Crippen LogP contribution in [-0.4, -0.2) is 59.7 Å². The molecule has 0 spiro atoms. The molecule has 7 nitrogen and oxygen atoms in total. The van der Waals surface area contributed by atoms with E-state index < -0.39 is 11.9 Å². The topological polar surface area (TPSA) is 82.6 Å². The molecule has 0 unspecified atom stereocenters. The lowest BCUT2D eigenvalue weighted by molar-refractivity contribution is -0.136. The molecule has 1 N–H and O–H groups in total. The van der Waals surface area contributed by atoms with Gasteiger partial charge in [0.05, 0.1) is 0 Å². The van der Waals surface area contributed by atoms with Crippen molar-refractivity contribution in [3.8, 4) is 0 Å². The fraction of sp³-hybridized carbons (Fsp3) is 0.364. The average Bonchev–Trinajstić information content (AvgIpc) is 2.78. The third-order valence-electron chi connectivity index (χ3n) is 5.06. The lowest BCUT2D eigenvalue weighted by Crippen LogP contribution is -2.54. The van der Waals surface area contributed by atoms with Crippen molar-refractivity contribution in [2.45, 2.75) is 25.8 Å². The van der Waals surface area contributed by atoms with Crippen molar-refractivity contribution >= 4 is 23.4 Å². The molecule has 0 saturated carbocycles. The van der Waals surface area contributed by atoms with E-state index in [0.717, 1.165) is 5.82 Å². The molecule has 2 aromatic rings. The molecular weight excluding hydrogens is 387 g/mol. The van der Waals surface area contributed by atoms with Crippen molar-refractivity contribution in [2.75, 3.05) is 31.1 Å². The second-order valence-electron chi connectivity index (χ2n) is 7.22. The third kappa shape index (κ3) is 5.62. The average molecular weight is 412 g/mol. The number of carbonyl (C=O) groups excluding carboxylic acids is 3. The summed E-state index contributed by atoms with van der Waals surface area (Å²) in [4.78, 5) is 45.1. The molecule has 1 aliphatic rings. The SMILES string of the molecule is C[C@@H](NC(=O)CCC(=O)c1ccc(F)cc1)C(=O)N1CCN(c2ccccn2)CC1. The summed E-state index contributed by atoms with van der Waals surface area (Å²) in [6, 6.07) is 10.3. The van der Waals surface area contributed by atoms with Crippen LogP contribution in [0.15, 0.2) is 48.7 Å². The summed E-state index contributed by atoms with van der Waals surface area (Å²) in [6.45, 7) is 4.11. The molecule has 2 amide bonds. The van der Waals surface area contributed by atoms with E-state index in [0.29, 0.717) is 31.7 Å². The number of Topliss-reactive ketones (excluding diaryl/α,β-unsaturated/α-hetero) is 1. The molecule has 2 heterocycles. The van der Waals surface area contributed by atoms with Gasteiger partial charge in [-0.25, -0.2) is 9.37 Å². The Morgan fingerprint density at radius 2 is 1.73 bits per heavy atom. The molecule has 1 aromatic heterocycles. The maximum Gasteiger partial charge on any atom is 0.244 e. The van der Waals surface area contributed by atoms with Crippen LogP contribution in [0.1, 0.15) is 30.1 Å². The second kappa shape index (κ2) is 9.96. The van der Waals surface area contributed by atoms with E-state index in [2.05, 4.69) is 15.2 Å². The molecule has 1 atom stereocenters. The highest BCUT2D eigenvalue weighted by atomic mass is 19.1. The van der Waals surface area contributed by atoms with Gasteiger partial charge in [0.25, 0.3) is 0 Å². The maximum absolute atomic E-state index is 12.9. The van der Waals surface area contributed by atoms with Gasteiger partial charge >= 0.3 is 0 Å². The zero-order chi connectivity index (χ0) is 21.5. The Morgan fingerprint density at radius 3 is 2.37 bits per heavy atom. The highest BCUT2D eigenvalue weighted by Crippen LogP contribution is 2.13. The number of aromatic nitrogens is 1. The van der Waals surface area contributed by atoms with Gasteiger partial charge in [0.2, 0.25) is 11.8 Å². The molecule has 30 heavy (non-hydrogen) atoms. The normalized spacial score (nSPS) is 14.9. The number of amides is 2.